The molecule has 1 saturated carbocycles. The Morgan fingerprint density at radius 2 is 1.78 bits per heavy atom. The molecule has 3 rings (SSSR count). The van der Waals surface area contributed by atoms with Gasteiger partial charge in [0.2, 0.25) is 0 Å². The minimum absolute atomic E-state index is 0.141. The Morgan fingerprint density at radius 3 is 2.48 bits per heavy atom. The molecule has 1 aliphatic carbocycles. The van der Waals surface area contributed by atoms with E-state index in [1.165, 1.54) is 23.8 Å². The van der Waals surface area contributed by atoms with E-state index >= 15 is 0 Å². The number of rotatable bonds is 2. The highest BCUT2D eigenvalue weighted by Crippen LogP contribution is 2.24. The molecule has 4 heteroatoms. The fraction of sp³-hybridized carbons (Fsp3) is 0.368. The van der Waals surface area contributed by atoms with E-state index in [2.05, 4.69) is 4.98 Å². The second-order valence-corrected chi connectivity index (χ2v) is 6.24. The molecule has 0 atom stereocenters. The zero-order valence-electron chi connectivity index (χ0n) is 13.4. The topological polar surface area (TPSA) is 54.9 Å². The summed E-state index contributed by atoms with van der Waals surface area (Å²) in [5, 5.41) is 0.802. The van der Waals surface area contributed by atoms with Crippen LogP contribution in [-0.4, -0.2) is 9.55 Å². The molecule has 0 saturated heterocycles. The average Bonchev–Trinajstić information content (AvgIpc) is 2.58. The summed E-state index contributed by atoms with van der Waals surface area (Å²) in [6.45, 7) is 0. The lowest BCUT2D eigenvalue weighted by molar-refractivity contribution is 0.435. The van der Waals surface area contributed by atoms with E-state index in [1.807, 2.05) is 36.4 Å². The maximum atomic E-state index is 12.5. The van der Waals surface area contributed by atoms with Crippen LogP contribution in [0.15, 0.2) is 39.9 Å². The first-order valence-electron chi connectivity index (χ1n) is 8.23. The van der Waals surface area contributed by atoms with Crippen molar-refractivity contribution in [1.29, 1.82) is 0 Å². The first-order valence-corrected chi connectivity index (χ1v) is 8.23. The molecule has 0 spiro atoms. The number of hydrogen-bond donors (Lipinski definition) is 1. The van der Waals surface area contributed by atoms with E-state index in [9.17, 15) is 9.59 Å². The van der Waals surface area contributed by atoms with Crippen molar-refractivity contribution in [3.8, 4) is 0 Å². The molecule has 0 amide bonds. The smallest absolute Gasteiger partial charge is 0.274 e. The predicted molar refractivity (Wildman–Crippen MR) is 92.6 cm³/mol. The molecule has 2 aromatic rings. The van der Waals surface area contributed by atoms with Crippen LogP contribution >= 0.6 is 0 Å². The molecular formula is C19H22N2O2. The lowest BCUT2D eigenvalue weighted by atomic mass is 9.89. The second kappa shape index (κ2) is 6.82. The summed E-state index contributed by atoms with van der Waals surface area (Å²) >= 11 is 0. The van der Waals surface area contributed by atoms with E-state index in [-0.39, 0.29) is 11.1 Å². The van der Waals surface area contributed by atoms with Gasteiger partial charge in [0.25, 0.3) is 11.1 Å². The normalized spacial score (nSPS) is 17.6. The van der Waals surface area contributed by atoms with Crippen molar-refractivity contribution in [2.24, 2.45) is 13.0 Å². The van der Waals surface area contributed by atoms with Crippen LogP contribution in [0.5, 0.6) is 0 Å². The predicted octanol–water partition coefficient (Wildman–Crippen LogP) is 1.26. The summed E-state index contributed by atoms with van der Waals surface area (Å²) in [5.74, 6) is 0.399. The van der Waals surface area contributed by atoms with Crippen molar-refractivity contribution < 1.29 is 0 Å². The third-order valence-electron chi connectivity index (χ3n) is 4.53. The third kappa shape index (κ3) is 3.52. The van der Waals surface area contributed by atoms with Crippen LogP contribution in [0.25, 0.3) is 12.2 Å². The molecule has 1 fully saturated rings. The van der Waals surface area contributed by atoms with E-state index in [0.717, 1.165) is 18.4 Å². The quantitative estimate of drug-likeness (QED) is 0.908. The molecular weight excluding hydrogens is 288 g/mol. The maximum absolute atomic E-state index is 12.5. The third-order valence-corrected chi connectivity index (χ3v) is 4.53. The number of nitrogens with one attached hydrogen (secondary N) is 1. The van der Waals surface area contributed by atoms with Gasteiger partial charge in [-0.05, 0) is 30.4 Å². The highest BCUT2D eigenvalue weighted by atomic mass is 16.1. The Hall–Kier alpha value is -2.36. The fourth-order valence-corrected chi connectivity index (χ4v) is 3.20. The van der Waals surface area contributed by atoms with Crippen molar-refractivity contribution in [2.45, 2.75) is 32.1 Å². The van der Waals surface area contributed by atoms with Crippen molar-refractivity contribution in [2.75, 3.05) is 0 Å². The summed E-state index contributed by atoms with van der Waals surface area (Å²) in [6.07, 6.45) is 9.56. The number of benzene rings is 1. The molecule has 1 N–H and O–H groups in total. The second-order valence-electron chi connectivity index (χ2n) is 6.24. The highest BCUT2D eigenvalue weighted by molar-refractivity contribution is 5.47. The number of H-pyrrole nitrogens is 1. The van der Waals surface area contributed by atoms with E-state index in [1.54, 1.807) is 13.1 Å². The molecule has 1 aromatic heterocycles. The number of nitrogens with zero attached hydrogens (tertiary/aromatic N) is 1. The van der Waals surface area contributed by atoms with Gasteiger partial charge < -0.3 is 9.55 Å². The Labute approximate surface area is 134 Å². The van der Waals surface area contributed by atoms with Gasteiger partial charge in [-0.15, -0.1) is 0 Å². The number of aromatic amines is 1. The lowest BCUT2D eigenvalue weighted by Crippen LogP contribution is -2.52. The standard InChI is InChI=1S/C19H22N2O2/c1-21-17(13-15-10-6-3-7-11-15)18(22)20-16(19(21)23)12-14-8-4-2-5-9-14/h3,6-7,10-14H,2,4-5,8-9H2,1H3,(H,20,22). The van der Waals surface area contributed by atoms with Crippen LogP contribution in [0, 0.1) is 5.92 Å². The first kappa shape index (κ1) is 15.5. The highest BCUT2D eigenvalue weighted by Gasteiger charge is 2.11. The monoisotopic (exact) mass is 310 g/mol. The molecule has 120 valence electrons. The largest absolute Gasteiger partial charge is 0.316 e. The maximum Gasteiger partial charge on any atom is 0.274 e. The van der Waals surface area contributed by atoms with Gasteiger partial charge in [-0.1, -0.05) is 55.7 Å². The minimum Gasteiger partial charge on any atom is -0.316 e. The Bertz CT molecular complexity index is 901. The van der Waals surface area contributed by atoms with Gasteiger partial charge >= 0.3 is 0 Å². The van der Waals surface area contributed by atoms with Crippen molar-refractivity contribution in [1.82, 2.24) is 9.55 Å². The summed E-state index contributed by atoms with van der Waals surface area (Å²) in [7, 11) is 1.66. The van der Waals surface area contributed by atoms with Gasteiger partial charge in [-0.3, -0.25) is 9.59 Å². The van der Waals surface area contributed by atoms with Crippen LogP contribution in [0.4, 0.5) is 0 Å². The summed E-state index contributed by atoms with van der Waals surface area (Å²) in [5.41, 5.74) is 0.535. The van der Waals surface area contributed by atoms with Crippen LogP contribution in [-0.2, 0) is 7.05 Å². The van der Waals surface area contributed by atoms with Crippen LogP contribution in [0.1, 0.15) is 37.7 Å². The lowest BCUT2D eigenvalue weighted by Gasteiger charge is -2.17. The van der Waals surface area contributed by atoms with Gasteiger partial charge in [-0.2, -0.15) is 0 Å². The Balaban J connectivity index is 2.11. The average molecular weight is 310 g/mol. The van der Waals surface area contributed by atoms with Gasteiger partial charge in [0, 0.05) is 7.05 Å². The molecule has 0 radical (unpaired) electrons. The van der Waals surface area contributed by atoms with E-state index in [0.29, 0.717) is 16.6 Å². The fourth-order valence-electron chi connectivity index (χ4n) is 3.20. The number of aromatic nitrogens is 2. The molecule has 0 bridgehead atoms. The summed E-state index contributed by atoms with van der Waals surface area (Å²) in [4.78, 5) is 27.7. The minimum atomic E-state index is -0.224. The van der Waals surface area contributed by atoms with Crippen LogP contribution in [0.3, 0.4) is 0 Å². The summed E-state index contributed by atoms with van der Waals surface area (Å²) in [6, 6.07) is 9.55. The molecule has 1 aliphatic rings. The Kier molecular flexibility index (Phi) is 4.60. The molecule has 1 heterocycles. The van der Waals surface area contributed by atoms with Crippen LogP contribution in [0.2, 0.25) is 0 Å². The molecule has 4 nitrogen and oxygen atoms in total. The SMILES string of the molecule is Cn1c(=O)c(=CC2CCCCC2)[nH]c(=O)c1=Cc1ccccc1. The van der Waals surface area contributed by atoms with Gasteiger partial charge in [0.05, 0.1) is 0 Å². The molecule has 23 heavy (non-hydrogen) atoms. The molecule has 0 unspecified atom stereocenters. The van der Waals surface area contributed by atoms with Gasteiger partial charge in [-0.25, -0.2) is 0 Å². The van der Waals surface area contributed by atoms with Gasteiger partial charge in [0.15, 0.2) is 0 Å². The zero-order valence-corrected chi connectivity index (χ0v) is 13.4. The van der Waals surface area contributed by atoms with Gasteiger partial charge in [0.1, 0.15) is 10.7 Å². The van der Waals surface area contributed by atoms with Crippen molar-refractivity contribution >= 4 is 12.2 Å². The van der Waals surface area contributed by atoms with E-state index in [4.69, 9.17) is 0 Å². The number of hydrogen-bond acceptors (Lipinski definition) is 2. The summed E-state index contributed by atoms with van der Waals surface area (Å²) < 4.78 is 1.44. The van der Waals surface area contributed by atoms with Crippen LogP contribution < -0.4 is 21.8 Å². The first-order chi connectivity index (χ1) is 11.1. The molecule has 1 aromatic carbocycles. The van der Waals surface area contributed by atoms with Crippen molar-refractivity contribution in [3.63, 3.8) is 0 Å². The van der Waals surface area contributed by atoms with E-state index < -0.39 is 0 Å². The molecule has 0 aliphatic heterocycles. The Morgan fingerprint density at radius 1 is 1.09 bits per heavy atom. The van der Waals surface area contributed by atoms with Crippen molar-refractivity contribution in [3.05, 3.63) is 67.3 Å². The zero-order chi connectivity index (χ0) is 16.2.